The van der Waals surface area contributed by atoms with Crippen LogP contribution >= 0.6 is 0 Å². The first-order valence-electron chi connectivity index (χ1n) is 7.74. The Kier molecular flexibility index (Phi) is 6.77. The second kappa shape index (κ2) is 8.11. The first kappa shape index (κ1) is 19.2. The molecule has 0 spiro atoms. The monoisotopic (exact) mass is 336 g/mol. The minimum atomic E-state index is -3.43. The molecule has 0 aliphatic heterocycles. The first-order chi connectivity index (χ1) is 10.7. The molecule has 0 radical (unpaired) electrons. The predicted molar refractivity (Wildman–Crippen MR) is 90.4 cm³/mol. The van der Waals surface area contributed by atoms with Crippen molar-refractivity contribution in [1.82, 2.24) is 4.90 Å². The topological polar surface area (TPSA) is 78.2 Å². The van der Waals surface area contributed by atoms with Gasteiger partial charge in [0.05, 0.1) is 17.4 Å². The van der Waals surface area contributed by atoms with Gasteiger partial charge in [-0.1, -0.05) is 19.1 Å². The summed E-state index contributed by atoms with van der Waals surface area (Å²) >= 11 is 0. The zero-order valence-corrected chi connectivity index (χ0v) is 14.9. The van der Waals surface area contributed by atoms with Gasteiger partial charge in [-0.3, -0.25) is 4.79 Å². The van der Waals surface area contributed by atoms with Crippen LogP contribution in [0.5, 0.6) is 0 Å². The Morgan fingerprint density at radius 2 is 1.78 bits per heavy atom. The molecular formula is C17H24N2O3S. The number of carbonyl (C=O) groups excluding carboxylic acids is 1. The fourth-order valence-corrected chi connectivity index (χ4v) is 3.61. The number of hydrogen-bond acceptors (Lipinski definition) is 4. The van der Waals surface area contributed by atoms with Gasteiger partial charge in [-0.05, 0) is 44.9 Å². The van der Waals surface area contributed by atoms with Crippen molar-refractivity contribution in [3.63, 3.8) is 0 Å². The number of benzene rings is 1. The Labute approximate surface area is 138 Å². The molecule has 1 aromatic rings. The van der Waals surface area contributed by atoms with E-state index in [4.69, 9.17) is 5.26 Å². The maximum atomic E-state index is 12.6. The van der Waals surface area contributed by atoms with Crippen molar-refractivity contribution >= 4 is 15.7 Å². The molecule has 1 atom stereocenters. The van der Waals surface area contributed by atoms with Crippen molar-refractivity contribution < 1.29 is 13.2 Å². The van der Waals surface area contributed by atoms with Gasteiger partial charge in [0.25, 0.3) is 0 Å². The SMILES string of the molecule is CCCS(=O)(=O)C(C)C(=O)N(Cc1ccc(C#N)cc1)C(C)C. The lowest BCUT2D eigenvalue weighted by molar-refractivity contribution is -0.132. The second-order valence-corrected chi connectivity index (χ2v) is 8.32. The standard InChI is InChI=1S/C17H24N2O3S/c1-5-10-23(21,22)14(4)17(20)19(13(2)3)12-16-8-6-15(11-18)7-9-16/h6-9,13-14H,5,10,12H2,1-4H3. The minimum Gasteiger partial charge on any atom is -0.335 e. The minimum absolute atomic E-state index is 0.0166. The van der Waals surface area contributed by atoms with Crippen molar-refractivity contribution in [2.45, 2.75) is 52.0 Å². The molecule has 0 N–H and O–H groups in total. The van der Waals surface area contributed by atoms with E-state index in [1.807, 2.05) is 19.9 Å². The Morgan fingerprint density at radius 1 is 1.22 bits per heavy atom. The van der Waals surface area contributed by atoms with E-state index in [0.717, 1.165) is 5.56 Å². The molecule has 1 amide bonds. The molecule has 5 nitrogen and oxygen atoms in total. The maximum absolute atomic E-state index is 12.6. The summed E-state index contributed by atoms with van der Waals surface area (Å²) in [7, 11) is -3.43. The van der Waals surface area contributed by atoms with Crippen LogP contribution in [0, 0.1) is 11.3 Å². The number of rotatable bonds is 7. The molecule has 0 aliphatic rings. The van der Waals surface area contributed by atoms with Crippen LogP contribution < -0.4 is 0 Å². The molecule has 1 unspecified atom stereocenters. The van der Waals surface area contributed by atoms with Crippen molar-refractivity contribution in [3.05, 3.63) is 35.4 Å². The van der Waals surface area contributed by atoms with Gasteiger partial charge >= 0.3 is 0 Å². The van der Waals surface area contributed by atoms with Crippen molar-refractivity contribution in [2.24, 2.45) is 0 Å². The number of carbonyl (C=O) groups is 1. The van der Waals surface area contributed by atoms with Crippen molar-refractivity contribution in [1.29, 1.82) is 5.26 Å². The van der Waals surface area contributed by atoms with E-state index in [1.165, 1.54) is 6.92 Å². The number of hydrogen-bond donors (Lipinski definition) is 0. The Morgan fingerprint density at radius 3 is 2.22 bits per heavy atom. The number of nitriles is 1. The number of amides is 1. The van der Waals surface area contributed by atoms with Crippen LogP contribution in [0.1, 0.15) is 45.2 Å². The van der Waals surface area contributed by atoms with Gasteiger partial charge in [-0.25, -0.2) is 8.42 Å². The molecule has 6 heteroatoms. The molecule has 1 aromatic carbocycles. The van der Waals surface area contributed by atoms with Crippen molar-refractivity contribution in [3.8, 4) is 6.07 Å². The average Bonchev–Trinajstić information content (AvgIpc) is 2.51. The van der Waals surface area contributed by atoms with E-state index in [-0.39, 0.29) is 17.7 Å². The quantitative estimate of drug-likeness (QED) is 0.766. The van der Waals surface area contributed by atoms with Gasteiger partial charge in [-0.2, -0.15) is 5.26 Å². The summed E-state index contributed by atoms with van der Waals surface area (Å²) in [6.45, 7) is 7.29. The van der Waals surface area contributed by atoms with Gasteiger partial charge in [0.15, 0.2) is 9.84 Å². The van der Waals surface area contributed by atoms with Gasteiger partial charge in [0.2, 0.25) is 5.91 Å². The summed E-state index contributed by atoms with van der Waals surface area (Å²) < 4.78 is 24.3. The highest BCUT2D eigenvalue weighted by Gasteiger charge is 2.32. The van der Waals surface area contributed by atoms with Crippen molar-refractivity contribution in [2.75, 3.05) is 5.75 Å². The van der Waals surface area contributed by atoms with Crippen LogP contribution in [0.2, 0.25) is 0 Å². The lowest BCUT2D eigenvalue weighted by Crippen LogP contribution is -2.45. The molecular weight excluding hydrogens is 312 g/mol. The Hall–Kier alpha value is -1.87. The molecule has 0 aliphatic carbocycles. The third-order valence-corrected chi connectivity index (χ3v) is 5.97. The van der Waals surface area contributed by atoms with E-state index in [2.05, 4.69) is 0 Å². The highest BCUT2D eigenvalue weighted by molar-refractivity contribution is 7.92. The molecule has 23 heavy (non-hydrogen) atoms. The number of sulfone groups is 1. The maximum Gasteiger partial charge on any atom is 0.241 e. The summed E-state index contributed by atoms with van der Waals surface area (Å²) in [5, 5.41) is 7.78. The summed E-state index contributed by atoms with van der Waals surface area (Å²) in [4.78, 5) is 14.2. The largest absolute Gasteiger partial charge is 0.335 e. The van der Waals surface area contributed by atoms with Crippen LogP contribution in [-0.2, 0) is 21.2 Å². The lowest BCUT2D eigenvalue weighted by atomic mass is 10.1. The number of nitrogens with zero attached hydrogens (tertiary/aromatic N) is 2. The zero-order valence-electron chi connectivity index (χ0n) is 14.1. The predicted octanol–water partition coefficient (Wildman–Crippen LogP) is 2.51. The second-order valence-electron chi connectivity index (χ2n) is 5.88. The van der Waals surface area contributed by atoms with Gasteiger partial charge in [0, 0.05) is 12.6 Å². The fourth-order valence-electron chi connectivity index (χ4n) is 2.24. The highest BCUT2D eigenvalue weighted by atomic mass is 32.2. The molecule has 1 rings (SSSR count). The summed E-state index contributed by atoms with van der Waals surface area (Å²) in [5.41, 5.74) is 1.42. The fraction of sp³-hybridized carbons (Fsp3) is 0.529. The zero-order chi connectivity index (χ0) is 17.6. The van der Waals surface area contributed by atoms with Gasteiger partial charge < -0.3 is 4.90 Å². The Balaban J connectivity index is 2.97. The first-order valence-corrected chi connectivity index (χ1v) is 9.45. The van der Waals surface area contributed by atoms with E-state index < -0.39 is 15.1 Å². The van der Waals surface area contributed by atoms with Crippen LogP contribution in [0.25, 0.3) is 0 Å². The molecule has 0 aromatic heterocycles. The summed E-state index contributed by atoms with van der Waals surface area (Å²) in [5.74, 6) is -0.360. The molecule has 0 saturated carbocycles. The third kappa shape index (κ3) is 5.07. The molecule has 0 fully saturated rings. The molecule has 126 valence electrons. The summed E-state index contributed by atoms with van der Waals surface area (Å²) in [6.07, 6.45) is 0.497. The van der Waals surface area contributed by atoms with Crippen LogP contribution in [0.4, 0.5) is 0 Å². The summed E-state index contributed by atoms with van der Waals surface area (Å²) in [6, 6.07) is 8.88. The van der Waals surface area contributed by atoms with E-state index in [9.17, 15) is 13.2 Å². The molecule has 0 bridgehead atoms. The molecule has 0 heterocycles. The van der Waals surface area contributed by atoms with Gasteiger partial charge in [0.1, 0.15) is 5.25 Å². The van der Waals surface area contributed by atoms with Gasteiger partial charge in [-0.15, -0.1) is 0 Å². The van der Waals surface area contributed by atoms with Crippen LogP contribution in [0.3, 0.4) is 0 Å². The van der Waals surface area contributed by atoms with E-state index in [0.29, 0.717) is 18.5 Å². The lowest BCUT2D eigenvalue weighted by Gasteiger charge is -2.29. The molecule has 0 saturated heterocycles. The highest BCUT2D eigenvalue weighted by Crippen LogP contribution is 2.15. The van der Waals surface area contributed by atoms with E-state index >= 15 is 0 Å². The normalized spacial score (nSPS) is 12.7. The van der Waals surface area contributed by atoms with E-state index in [1.54, 1.807) is 36.1 Å². The smallest absolute Gasteiger partial charge is 0.241 e. The third-order valence-electron chi connectivity index (χ3n) is 3.72. The Bertz CT molecular complexity index is 673. The van der Waals surface area contributed by atoms with Crippen LogP contribution in [-0.4, -0.2) is 36.3 Å². The van der Waals surface area contributed by atoms with Crippen LogP contribution in [0.15, 0.2) is 24.3 Å². The average molecular weight is 336 g/mol.